The fraction of sp³-hybridized carbons (Fsp3) is 0.333. The van der Waals surface area contributed by atoms with Gasteiger partial charge in [-0.1, -0.05) is 18.9 Å². The smallest absolute Gasteiger partial charge is 0.142 e. The van der Waals surface area contributed by atoms with E-state index >= 15 is 0 Å². The minimum atomic E-state index is -0.290. The molecule has 164 valence electrons. The molecule has 0 amide bonds. The number of hydrogen-bond acceptors (Lipinski definition) is 4. The Hall–Kier alpha value is -3.39. The van der Waals surface area contributed by atoms with E-state index in [4.69, 9.17) is 10.5 Å². The summed E-state index contributed by atoms with van der Waals surface area (Å²) in [4.78, 5) is 4.63. The average Bonchev–Trinajstić information content (AvgIpc) is 2.75. The Kier molecular flexibility index (Phi) is 6.41. The SMILES string of the molecule is Cc1cc(C)c(-c2c(C#N)c(N)nc3c2CCCCCC3)cc1COc1ccc(F)cc1. The molecule has 3 aromatic rings. The summed E-state index contributed by atoms with van der Waals surface area (Å²) in [6.07, 6.45) is 6.36. The van der Waals surface area contributed by atoms with Crippen LogP contribution in [0.15, 0.2) is 36.4 Å². The predicted octanol–water partition coefficient (Wildman–Crippen LogP) is 6.20. The molecule has 1 aliphatic rings. The molecule has 4 nitrogen and oxygen atoms in total. The molecule has 1 heterocycles. The topological polar surface area (TPSA) is 71.9 Å². The van der Waals surface area contributed by atoms with E-state index in [1.54, 1.807) is 12.1 Å². The number of nitrogens with zero attached hydrogens (tertiary/aromatic N) is 2. The van der Waals surface area contributed by atoms with Crippen LogP contribution in [0.25, 0.3) is 11.1 Å². The van der Waals surface area contributed by atoms with Crippen LogP contribution in [0.1, 0.15) is 59.2 Å². The zero-order chi connectivity index (χ0) is 22.7. The number of aromatic nitrogens is 1. The Bertz CT molecular complexity index is 1180. The minimum absolute atomic E-state index is 0.290. The van der Waals surface area contributed by atoms with Crippen molar-refractivity contribution in [3.05, 3.63) is 75.7 Å². The van der Waals surface area contributed by atoms with Crippen LogP contribution >= 0.6 is 0 Å². The van der Waals surface area contributed by atoms with E-state index in [9.17, 15) is 9.65 Å². The normalized spacial score (nSPS) is 13.6. The maximum absolute atomic E-state index is 13.2. The van der Waals surface area contributed by atoms with Crippen LogP contribution in [0.3, 0.4) is 0 Å². The number of pyridine rings is 1. The minimum Gasteiger partial charge on any atom is -0.489 e. The van der Waals surface area contributed by atoms with Crippen molar-refractivity contribution in [2.24, 2.45) is 0 Å². The summed E-state index contributed by atoms with van der Waals surface area (Å²) in [6.45, 7) is 4.48. The van der Waals surface area contributed by atoms with Gasteiger partial charge in [-0.3, -0.25) is 0 Å². The lowest BCUT2D eigenvalue weighted by atomic mass is 9.85. The Labute approximate surface area is 188 Å². The highest BCUT2D eigenvalue weighted by atomic mass is 19.1. The summed E-state index contributed by atoms with van der Waals surface area (Å²) >= 11 is 0. The van der Waals surface area contributed by atoms with Crippen molar-refractivity contribution in [1.29, 1.82) is 5.26 Å². The Morgan fingerprint density at radius 1 is 1.03 bits per heavy atom. The zero-order valence-corrected chi connectivity index (χ0v) is 18.7. The Morgan fingerprint density at radius 2 is 1.75 bits per heavy atom. The molecule has 1 aliphatic carbocycles. The number of rotatable bonds is 4. The summed E-state index contributed by atoms with van der Waals surface area (Å²) in [5.41, 5.74) is 14.1. The highest BCUT2D eigenvalue weighted by molar-refractivity contribution is 5.81. The monoisotopic (exact) mass is 429 g/mol. The van der Waals surface area contributed by atoms with Gasteiger partial charge in [-0.15, -0.1) is 0 Å². The summed E-state index contributed by atoms with van der Waals surface area (Å²) in [5, 5.41) is 9.95. The summed E-state index contributed by atoms with van der Waals surface area (Å²) in [7, 11) is 0. The van der Waals surface area contributed by atoms with E-state index in [-0.39, 0.29) is 5.82 Å². The largest absolute Gasteiger partial charge is 0.489 e. The number of aryl methyl sites for hydroxylation is 3. The number of nitrogens with two attached hydrogens (primary N) is 1. The highest BCUT2D eigenvalue weighted by Gasteiger charge is 2.22. The summed E-state index contributed by atoms with van der Waals surface area (Å²) in [6, 6.07) is 12.6. The van der Waals surface area contributed by atoms with Crippen LogP contribution < -0.4 is 10.5 Å². The second-order valence-corrected chi connectivity index (χ2v) is 8.53. The first-order valence-electron chi connectivity index (χ1n) is 11.2. The van der Waals surface area contributed by atoms with E-state index in [0.717, 1.165) is 64.8 Å². The Morgan fingerprint density at radius 3 is 2.47 bits per heavy atom. The van der Waals surface area contributed by atoms with Gasteiger partial charge in [0.15, 0.2) is 0 Å². The molecule has 0 atom stereocenters. The first-order chi connectivity index (χ1) is 15.5. The Balaban J connectivity index is 1.80. The quantitative estimate of drug-likeness (QED) is 0.536. The second kappa shape index (κ2) is 9.40. The maximum Gasteiger partial charge on any atom is 0.142 e. The van der Waals surface area contributed by atoms with Crippen molar-refractivity contribution < 1.29 is 9.13 Å². The van der Waals surface area contributed by atoms with Gasteiger partial charge in [0.05, 0.1) is 0 Å². The molecule has 2 N–H and O–H groups in total. The molecule has 32 heavy (non-hydrogen) atoms. The molecule has 0 saturated heterocycles. The predicted molar refractivity (Wildman–Crippen MR) is 125 cm³/mol. The first-order valence-corrected chi connectivity index (χ1v) is 11.2. The molecule has 5 heteroatoms. The number of hydrogen-bond donors (Lipinski definition) is 1. The van der Waals surface area contributed by atoms with E-state index in [0.29, 0.717) is 23.7 Å². The molecule has 2 aromatic carbocycles. The molecule has 0 radical (unpaired) electrons. The van der Waals surface area contributed by atoms with Crippen molar-refractivity contribution in [3.63, 3.8) is 0 Å². The molecule has 0 unspecified atom stereocenters. The molecule has 0 spiro atoms. The average molecular weight is 430 g/mol. The molecule has 0 aliphatic heterocycles. The number of anilines is 1. The van der Waals surface area contributed by atoms with Gasteiger partial charge in [-0.2, -0.15) is 5.26 Å². The fourth-order valence-corrected chi connectivity index (χ4v) is 4.54. The lowest BCUT2D eigenvalue weighted by molar-refractivity contribution is 0.305. The van der Waals surface area contributed by atoms with Crippen LogP contribution in [0, 0.1) is 31.0 Å². The van der Waals surface area contributed by atoms with Crippen molar-refractivity contribution in [3.8, 4) is 22.9 Å². The standard InChI is InChI=1S/C27H28FN3O/c1-17-13-18(2)23(14-19(17)16-32-21-11-9-20(28)10-12-21)26-22-7-5-3-4-6-8-25(22)31-27(30)24(26)15-29/h9-14H,3-8,16H2,1-2H3,(H2,30,31). The van der Waals surface area contributed by atoms with E-state index < -0.39 is 0 Å². The number of benzene rings is 2. The highest BCUT2D eigenvalue weighted by Crippen LogP contribution is 2.37. The lowest BCUT2D eigenvalue weighted by Gasteiger charge is -2.22. The lowest BCUT2D eigenvalue weighted by Crippen LogP contribution is -2.11. The summed E-state index contributed by atoms with van der Waals surface area (Å²) < 4.78 is 19.1. The molecular weight excluding hydrogens is 401 g/mol. The van der Waals surface area contributed by atoms with Crippen LogP contribution in [-0.4, -0.2) is 4.98 Å². The van der Waals surface area contributed by atoms with Gasteiger partial charge in [0.2, 0.25) is 0 Å². The molecule has 4 rings (SSSR count). The maximum atomic E-state index is 13.2. The van der Waals surface area contributed by atoms with E-state index in [1.165, 1.54) is 25.0 Å². The third-order valence-corrected chi connectivity index (χ3v) is 6.27. The second-order valence-electron chi connectivity index (χ2n) is 8.53. The van der Waals surface area contributed by atoms with Gasteiger partial charge in [-0.05, 0) is 97.7 Å². The fourth-order valence-electron chi connectivity index (χ4n) is 4.54. The van der Waals surface area contributed by atoms with Crippen LogP contribution in [-0.2, 0) is 19.4 Å². The van der Waals surface area contributed by atoms with Crippen molar-refractivity contribution >= 4 is 5.82 Å². The number of halogens is 1. The van der Waals surface area contributed by atoms with E-state index in [1.807, 2.05) is 0 Å². The van der Waals surface area contributed by atoms with Crippen molar-refractivity contribution in [1.82, 2.24) is 4.98 Å². The number of nitriles is 1. The van der Waals surface area contributed by atoms with Gasteiger partial charge in [0.25, 0.3) is 0 Å². The molecular formula is C27H28FN3O. The number of fused-ring (bicyclic) bond motifs is 1. The van der Waals surface area contributed by atoms with Gasteiger partial charge in [0, 0.05) is 11.3 Å². The van der Waals surface area contributed by atoms with Crippen LogP contribution in [0.2, 0.25) is 0 Å². The molecule has 1 aromatic heterocycles. The van der Waals surface area contributed by atoms with Crippen molar-refractivity contribution in [2.45, 2.75) is 59.0 Å². The van der Waals surface area contributed by atoms with Gasteiger partial charge >= 0.3 is 0 Å². The van der Waals surface area contributed by atoms with Gasteiger partial charge in [-0.25, -0.2) is 9.37 Å². The third-order valence-electron chi connectivity index (χ3n) is 6.27. The van der Waals surface area contributed by atoms with Crippen LogP contribution in [0.5, 0.6) is 5.75 Å². The molecule has 0 saturated carbocycles. The number of ether oxygens (including phenoxy) is 1. The van der Waals surface area contributed by atoms with Gasteiger partial charge < -0.3 is 10.5 Å². The third kappa shape index (κ3) is 4.45. The molecule has 0 bridgehead atoms. The first kappa shape index (κ1) is 21.8. The van der Waals surface area contributed by atoms with E-state index in [2.05, 4.69) is 37.0 Å². The zero-order valence-electron chi connectivity index (χ0n) is 18.7. The van der Waals surface area contributed by atoms with Crippen molar-refractivity contribution in [2.75, 3.05) is 5.73 Å². The summed E-state index contributed by atoms with van der Waals surface area (Å²) in [5.74, 6) is 0.636. The van der Waals surface area contributed by atoms with Crippen LogP contribution in [0.4, 0.5) is 10.2 Å². The molecule has 0 fully saturated rings. The van der Waals surface area contributed by atoms with Gasteiger partial charge in [0.1, 0.15) is 35.6 Å². The number of nitrogen functional groups attached to an aromatic ring is 1.